The highest BCUT2D eigenvalue weighted by atomic mass is 79.9. The highest BCUT2D eigenvalue weighted by Gasteiger charge is 2.20. The van der Waals surface area contributed by atoms with Crippen molar-refractivity contribution in [2.45, 2.75) is 45.1 Å². The topological polar surface area (TPSA) is 21.3 Å². The van der Waals surface area contributed by atoms with Gasteiger partial charge in [0, 0.05) is 18.1 Å². The molecule has 0 aliphatic carbocycles. The van der Waals surface area contributed by atoms with E-state index in [0.717, 1.165) is 30.4 Å². The predicted octanol–water partition coefficient (Wildman–Crippen LogP) is 4.35. The van der Waals surface area contributed by atoms with Gasteiger partial charge >= 0.3 is 0 Å². The van der Waals surface area contributed by atoms with E-state index >= 15 is 0 Å². The summed E-state index contributed by atoms with van der Waals surface area (Å²) < 4.78 is 6.65. The van der Waals surface area contributed by atoms with Crippen LogP contribution in [0.3, 0.4) is 0 Å². The second kappa shape index (κ2) is 8.03. The van der Waals surface area contributed by atoms with Gasteiger partial charge in [-0.05, 0) is 56.8 Å². The number of likely N-dealkylation sites (N-methyl/N-ethyl adjacent to an activating group) is 1. The van der Waals surface area contributed by atoms with Crippen LogP contribution in [-0.4, -0.2) is 25.8 Å². The maximum atomic E-state index is 5.52. The standard InChI is InChI=1S/C16H26BrNO/c1-5-18-12-14(10-11-16(2,3)19-4)13-6-8-15(17)9-7-13/h6-9,14,18H,5,10-12H2,1-4H3. The van der Waals surface area contributed by atoms with Crippen LogP contribution in [0.25, 0.3) is 0 Å². The molecule has 0 amide bonds. The molecule has 1 atom stereocenters. The van der Waals surface area contributed by atoms with Gasteiger partial charge in [0.1, 0.15) is 0 Å². The molecule has 0 aliphatic rings. The molecule has 1 unspecified atom stereocenters. The molecule has 1 aromatic rings. The third-order valence-electron chi connectivity index (χ3n) is 3.63. The first-order valence-corrected chi connectivity index (χ1v) is 7.79. The number of nitrogens with one attached hydrogen (secondary N) is 1. The smallest absolute Gasteiger partial charge is 0.0623 e. The molecule has 0 radical (unpaired) electrons. The van der Waals surface area contributed by atoms with Gasteiger partial charge in [-0.15, -0.1) is 0 Å². The van der Waals surface area contributed by atoms with Crippen LogP contribution in [-0.2, 0) is 4.74 Å². The quantitative estimate of drug-likeness (QED) is 0.766. The van der Waals surface area contributed by atoms with E-state index in [4.69, 9.17) is 4.74 Å². The first-order chi connectivity index (χ1) is 8.98. The van der Waals surface area contributed by atoms with E-state index in [2.05, 4.69) is 66.3 Å². The average molecular weight is 328 g/mol. The number of benzene rings is 1. The maximum absolute atomic E-state index is 5.52. The Bertz CT molecular complexity index is 362. The van der Waals surface area contributed by atoms with E-state index in [1.165, 1.54) is 5.56 Å². The van der Waals surface area contributed by atoms with Crippen LogP contribution in [0.1, 0.15) is 45.1 Å². The Hall–Kier alpha value is -0.380. The lowest BCUT2D eigenvalue weighted by molar-refractivity contribution is 0.0124. The SMILES string of the molecule is CCNCC(CCC(C)(C)OC)c1ccc(Br)cc1. The van der Waals surface area contributed by atoms with Crippen molar-refractivity contribution in [1.29, 1.82) is 0 Å². The van der Waals surface area contributed by atoms with Gasteiger partial charge in [0.15, 0.2) is 0 Å². The van der Waals surface area contributed by atoms with Crippen molar-refractivity contribution in [1.82, 2.24) is 5.32 Å². The van der Waals surface area contributed by atoms with Gasteiger partial charge in [-0.25, -0.2) is 0 Å². The average Bonchev–Trinajstić information content (AvgIpc) is 2.40. The second-order valence-corrected chi connectivity index (χ2v) is 6.47. The van der Waals surface area contributed by atoms with Crippen LogP contribution in [0.5, 0.6) is 0 Å². The molecule has 0 fully saturated rings. The summed E-state index contributed by atoms with van der Waals surface area (Å²) in [5.74, 6) is 0.544. The minimum absolute atomic E-state index is 0.0418. The number of ether oxygens (including phenoxy) is 1. The van der Waals surface area contributed by atoms with Crippen molar-refractivity contribution >= 4 is 15.9 Å². The summed E-state index contributed by atoms with van der Waals surface area (Å²) in [6.45, 7) is 8.49. The van der Waals surface area contributed by atoms with Crippen molar-refractivity contribution in [3.63, 3.8) is 0 Å². The van der Waals surface area contributed by atoms with E-state index in [-0.39, 0.29) is 5.60 Å². The zero-order valence-electron chi connectivity index (χ0n) is 12.5. The van der Waals surface area contributed by atoms with Crippen LogP contribution in [0.2, 0.25) is 0 Å². The largest absolute Gasteiger partial charge is 0.379 e. The molecule has 1 aromatic carbocycles. The molecule has 0 heterocycles. The first-order valence-electron chi connectivity index (χ1n) is 7.00. The fraction of sp³-hybridized carbons (Fsp3) is 0.625. The summed E-state index contributed by atoms with van der Waals surface area (Å²) in [6.07, 6.45) is 2.20. The van der Waals surface area contributed by atoms with Crippen LogP contribution in [0, 0.1) is 0 Å². The zero-order valence-corrected chi connectivity index (χ0v) is 14.1. The first kappa shape index (κ1) is 16.7. The summed E-state index contributed by atoms with van der Waals surface area (Å²) >= 11 is 3.49. The molecule has 0 aliphatic heterocycles. The Balaban J connectivity index is 2.68. The normalized spacial score (nSPS) is 13.5. The number of hydrogen-bond donors (Lipinski definition) is 1. The summed E-state index contributed by atoms with van der Waals surface area (Å²) in [6, 6.07) is 8.67. The van der Waals surface area contributed by atoms with Gasteiger partial charge in [0.2, 0.25) is 0 Å². The minimum Gasteiger partial charge on any atom is -0.379 e. The van der Waals surface area contributed by atoms with Crippen LogP contribution in [0.4, 0.5) is 0 Å². The van der Waals surface area contributed by atoms with Crippen molar-refractivity contribution < 1.29 is 4.74 Å². The van der Waals surface area contributed by atoms with Gasteiger partial charge < -0.3 is 10.1 Å². The van der Waals surface area contributed by atoms with Gasteiger partial charge in [0.25, 0.3) is 0 Å². The summed E-state index contributed by atoms with van der Waals surface area (Å²) in [4.78, 5) is 0. The lowest BCUT2D eigenvalue weighted by Gasteiger charge is -2.26. The summed E-state index contributed by atoms with van der Waals surface area (Å²) in [5, 5.41) is 3.46. The monoisotopic (exact) mass is 327 g/mol. The molecule has 0 aromatic heterocycles. The number of rotatable bonds is 8. The Morgan fingerprint density at radius 1 is 1.26 bits per heavy atom. The van der Waals surface area contributed by atoms with Crippen molar-refractivity contribution in [3.05, 3.63) is 34.3 Å². The molecule has 0 bridgehead atoms. The molecule has 108 valence electrons. The molecule has 19 heavy (non-hydrogen) atoms. The van der Waals surface area contributed by atoms with E-state index in [9.17, 15) is 0 Å². The molecule has 2 nitrogen and oxygen atoms in total. The van der Waals surface area contributed by atoms with E-state index in [1.807, 2.05) is 0 Å². The van der Waals surface area contributed by atoms with Gasteiger partial charge in [-0.2, -0.15) is 0 Å². The Morgan fingerprint density at radius 2 is 1.89 bits per heavy atom. The highest BCUT2D eigenvalue weighted by molar-refractivity contribution is 9.10. The van der Waals surface area contributed by atoms with E-state index in [1.54, 1.807) is 7.11 Å². The zero-order chi connectivity index (χ0) is 14.3. The second-order valence-electron chi connectivity index (χ2n) is 5.56. The fourth-order valence-corrected chi connectivity index (χ4v) is 2.33. The molecular weight excluding hydrogens is 302 g/mol. The third-order valence-corrected chi connectivity index (χ3v) is 4.16. The van der Waals surface area contributed by atoms with Crippen LogP contribution < -0.4 is 5.32 Å². The van der Waals surface area contributed by atoms with E-state index < -0.39 is 0 Å². The summed E-state index contributed by atoms with van der Waals surface area (Å²) in [7, 11) is 1.79. The van der Waals surface area contributed by atoms with Crippen molar-refractivity contribution in [2.75, 3.05) is 20.2 Å². The molecule has 3 heteroatoms. The van der Waals surface area contributed by atoms with Crippen molar-refractivity contribution in [2.24, 2.45) is 0 Å². The van der Waals surface area contributed by atoms with E-state index in [0.29, 0.717) is 5.92 Å². The molecule has 1 N–H and O–H groups in total. The lowest BCUT2D eigenvalue weighted by Crippen LogP contribution is -2.26. The molecule has 0 saturated carbocycles. The highest BCUT2D eigenvalue weighted by Crippen LogP contribution is 2.27. The predicted molar refractivity (Wildman–Crippen MR) is 85.7 cm³/mol. The Morgan fingerprint density at radius 3 is 2.42 bits per heavy atom. The Labute approximate surface area is 126 Å². The maximum Gasteiger partial charge on any atom is 0.0623 e. The van der Waals surface area contributed by atoms with Crippen LogP contribution in [0.15, 0.2) is 28.7 Å². The van der Waals surface area contributed by atoms with Crippen molar-refractivity contribution in [3.8, 4) is 0 Å². The molecular formula is C16H26BrNO. The van der Waals surface area contributed by atoms with Crippen LogP contribution >= 0.6 is 15.9 Å². The number of halogens is 1. The molecule has 1 rings (SSSR count). The van der Waals surface area contributed by atoms with Gasteiger partial charge in [-0.3, -0.25) is 0 Å². The third kappa shape index (κ3) is 6.07. The Kier molecular flexibility index (Phi) is 7.05. The fourth-order valence-electron chi connectivity index (χ4n) is 2.06. The van der Waals surface area contributed by atoms with Gasteiger partial charge in [0.05, 0.1) is 5.60 Å². The summed E-state index contributed by atoms with van der Waals surface area (Å²) in [5.41, 5.74) is 1.36. The number of methoxy groups -OCH3 is 1. The lowest BCUT2D eigenvalue weighted by atomic mass is 9.89. The minimum atomic E-state index is -0.0418. The molecule has 0 saturated heterocycles. The number of hydrogen-bond acceptors (Lipinski definition) is 2. The van der Waals surface area contributed by atoms with Gasteiger partial charge in [-0.1, -0.05) is 35.0 Å². The molecule has 0 spiro atoms.